The summed E-state index contributed by atoms with van der Waals surface area (Å²) in [5.74, 6) is -0.927. The minimum atomic E-state index is -1.76. The van der Waals surface area contributed by atoms with Crippen LogP contribution < -0.4 is 0 Å². The maximum absolute atomic E-state index is 13.0. The van der Waals surface area contributed by atoms with E-state index in [1.54, 1.807) is 0 Å². The van der Waals surface area contributed by atoms with Gasteiger partial charge in [-0.25, -0.2) is 0 Å². The summed E-state index contributed by atoms with van der Waals surface area (Å²) >= 11 is 0. The average Bonchev–Trinajstić information content (AvgIpc) is 3.31. The molecule has 2 heterocycles. The van der Waals surface area contributed by atoms with Gasteiger partial charge in [-0.05, 0) is 44.9 Å². The van der Waals surface area contributed by atoms with E-state index >= 15 is 0 Å². The minimum absolute atomic E-state index is 0.163. The summed E-state index contributed by atoms with van der Waals surface area (Å²) in [7, 11) is 0. The Morgan fingerprint density at radius 2 is 0.909 bits per heavy atom. The van der Waals surface area contributed by atoms with Crippen molar-refractivity contribution in [3.8, 4) is 0 Å². The van der Waals surface area contributed by atoms with Crippen molar-refractivity contribution in [3.05, 3.63) is 24.3 Å². The zero-order valence-corrected chi connectivity index (χ0v) is 40.7. The van der Waals surface area contributed by atoms with Crippen molar-refractivity contribution in [3.63, 3.8) is 0 Å². The van der Waals surface area contributed by atoms with Crippen LogP contribution in [0.4, 0.5) is 0 Å². The largest absolute Gasteiger partial charge is 0.462 e. The highest BCUT2D eigenvalue weighted by Gasteiger charge is 2.47. The number of aliphatic hydroxyl groups excluding tert-OH is 7. The fourth-order valence-corrected chi connectivity index (χ4v) is 8.13. The summed E-state index contributed by atoms with van der Waals surface area (Å²) in [5, 5.41) is 72.0. The van der Waals surface area contributed by atoms with E-state index in [-0.39, 0.29) is 26.1 Å². The summed E-state index contributed by atoms with van der Waals surface area (Å²) in [6, 6.07) is 0. The van der Waals surface area contributed by atoms with Crippen molar-refractivity contribution in [2.75, 3.05) is 26.4 Å². The average molecular weight is 945 g/mol. The Hall–Kier alpha value is -2.02. The van der Waals surface area contributed by atoms with Gasteiger partial charge in [0.05, 0.1) is 19.8 Å². The lowest BCUT2D eigenvalue weighted by atomic mass is 9.98. The van der Waals surface area contributed by atoms with E-state index in [0.29, 0.717) is 12.8 Å². The van der Waals surface area contributed by atoms with Crippen LogP contribution in [-0.4, -0.2) is 142 Å². The Morgan fingerprint density at radius 3 is 1.41 bits per heavy atom. The highest BCUT2D eigenvalue weighted by Crippen LogP contribution is 2.26. The van der Waals surface area contributed by atoms with Crippen LogP contribution in [0.3, 0.4) is 0 Å². The Bertz CT molecular complexity index is 1250. The number of carbonyl (C=O) groups excluding carboxylic acids is 2. The molecule has 0 aromatic carbocycles. The smallest absolute Gasteiger partial charge is 0.306 e. The number of esters is 2. The molecule has 0 bridgehead atoms. The second kappa shape index (κ2) is 38.8. The Balaban J connectivity index is 1.76. The third-order valence-electron chi connectivity index (χ3n) is 12.4. The van der Waals surface area contributed by atoms with Crippen molar-refractivity contribution in [2.24, 2.45) is 0 Å². The molecule has 11 atom stereocenters. The molecule has 15 nitrogen and oxygen atoms in total. The van der Waals surface area contributed by atoms with Crippen LogP contribution in [0.5, 0.6) is 0 Å². The topological polar surface area (TPSA) is 231 Å². The molecule has 386 valence electrons. The van der Waals surface area contributed by atoms with Crippen LogP contribution >= 0.6 is 0 Å². The van der Waals surface area contributed by atoms with Crippen LogP contribution in [0.15, 0.2) is 24.3 Å². The van der Waals surface area contributed by atoms with Gasteiger partial charge in [-0.1, -0.05) is 160 Å². The molecule has 0 amide bonds. The summed E-state index contributed by atoms with van der Waals surface area (Å²) in [5.41, 5.74) is 0. The van der Waals surface area contributed by atoms with Gasteiger partial charge in [0.25, 0.3) is 0 Å². The highest BCUT2D eigenvalue weighted by molar-refractivity contribution is 5.70. The van der Waals surface area contributed by atoms with Gasteiger partial charge < -0.3 is 64.2 Å². The zero-order valence-electron chi connectivity index (χ0n) is 40.7. The number of rotatable bonds is 40. The van der Waals surface area contributed by atoms with Crippen molar-refractivity contribution < 1.29 is 73.8 Å². The summed E-state index contributed by atoms with van der Waals surface area (Å²) in [6.07, 6.45) is 22.2. The standard InChI is InChI=1S/C51H92O15/c1-3-5-7-9-11-13-14-15-16-17-18-19-20-21-22-23-24-26-28-30-32-34-43(54)64-39(36-61-42(53)33-31-29-27-25-12-10-8-6-4-2)37-62-50-49(60)47(58)45(56)41(66-50)38-63-51-48(59)46(57)44(55)40(35-52)65-51/h14-15,17-18,39-41,44-52,55-60H,3-13,16,19-38H2,1-2H3/b15-14-,18-17-. The second-order valence-electron chi connectivity index (χ2n) is 18.4. The van der Waals surface area contributed by atoms with Gasteiger partial charge in [0.1, 0.15) is 55.4 Å². The van der Waals surface area contributed by atoms with Crippen LogP contribution in [0.2, 0.25) is 0 Å². The molecule has 2 rings (SSSR count). The van der Waals surface area contributed by atoms with Gasteiger partial charge in [-0.2, -0.15) is 0 Å². The van der Waals surface area contributed by atoms with Crippen LogP contribution in [-0.2, 0) is 38.0 Å². The summed E-state index contributed by atoms with van der Waals surface area (Å²) in [6.45, 7) is 2.56. The van der Waals surface area contributed by atoms with Crippen LogP contribution in [0, 0.1) is 0 Å². The van der Waals surface area contributed by atoms with Crippen molar-refractivity contribution in [1.29, 1.82) is 0 Å². The number of ether oxygens (including phenoxy) is 6. The summed E-state index contributed by atoms with van der Waals surface area (Å²) in [4.78, 5) is 25.7. The molecular formula is C51H92O15. The maximum atomic E-state index is 13.0. The lowest BCUT2D eigenvalue weighted by Crippen LogP contribution is -2.61. The first-order chi connectivity index (χ1) is 32.0. The Kier molecular flexibility index (Phi) is 35.3. The van der Waals surface area contributed by atoms with Gasteiger partial charge in [0.15, 0.2) is 18.7 Å². The minimum Gasteiger partial charge on any atom is -0.462 e. The van der Waals surface area contributed by atoms with E-state index in [0.717, 1.165) is 57.8 Å². The third kappa shape index (κ3) is 26.7. The predicted molar refractivity (Wildman–Crippen MR) is 252 cm³/mol. The fraction of sp³-hybridized carbons (Fsp3) is 0.882. The first-order valence-electron chi connectivity index (χ1n) is 25.9. The van der Waals surface area contributed by atoms with E-state index in [1.165, 1.54) is 96.3 Å². The molecule has 0 spiro atoms. The van der Waals surface area contributed by atoms with Crippen molar-refractivity contribution >= 4 is 11.9 Å². The molecule has 2 aliphatic rings. The van der Waals surface area contributed by atoms with E-state index in [9.17, 15) is 45.3 Å². The van der Waals surface area contributed by atoms with Gasteiger partial charge >= 0.3 is 11.9 Å². The molecule has 2 aliphatic heterocycles. The van der Waals surface area contributed by atoms with Gasteiger partial charge in [-0.15, -0.1) is 0 Å². The molecule has 7 N–H and O–H groups in total. The number of unbranched alkanes of at least 4 members (excludes halogenated alkanes) is 22. The maximum Gasteiger partial charge on any atom is 0.306 e. The highest BCUT2D eigenvalue weighted by atomic mass is 16.7. The van der Waals surface area contributed by atoms with E-state index in [1.807, 2.05) is 0 Å². The predicted octanol–water partition coefficient (Wildman–Crippen LogP) is 7.16. The first kappa shape index (κ1) is 60.1. The first-order valence-corrected chi connectivity index (χ1v) is 25.9. The number of hydrogen-bond donors (Lipinski definition) is 7. The third-order valence-corrected chi connectivity index (χ3v) is 12.4. The monoisotopic (exact) mass is 945 g/mol. The molecule has 0 aliphatic carbocycles. The molecule has 0 aromatic heterocycles. The number of aliphatic hydroxyl groups is 7. The molecule has 0 saturated carbocycles. The SMILES string of the molecule is CCCCCCC/C=C\C/C=C\CCCCCCCCCCCC(=O)OC(COC(=O)CCCCCCCCCCC)COC1OC(COC2OC(CO)C(O)C(O)C2O)C(O)C(O)C1O. The fourth-order valence-electron chi connectivity index (χ4n) is 8.13. The van der Waals surface area contributed by atoms with Gasteiger partial charge in [0, 0.05) is 12.8 Å². The molecule has 2 saturated heterocycles. The number of allylic oxidation sites excluding steroid dienone is 4. The lowest BCUT2D eigenvalue weighted by Gasteiger charge is -2.42. The Morgan fingerprint density at radius 1 is 0.485 bits per heavy atom. The second-order valence-corrected chi connectivity index (χ2v) is 18.4. The summed E-state index contributed by atoms with van der Waals surface area (Å²) < 4.78 is 33.5. The zero-order chi connectivity index (χ0) is 48.2. The molecule has 0 aromatic rings. The van der Waals surface area contributed by atoms with Crippen LogP contribution in [0.25, 0.3) is 0 Å². The van der Waals surface area contributed by atoms with E-state index in [2.05, 4.69) is 38.2 Å². The Labute approximate surface area is 396 Å². The van der Waals surface area contributed by atoms with Gasteiger partial charge in [-0.3, -0.25) is 9.59 Å². The lowest BCUT2D eigenvalue weighted by molar-refractivity contribution is -0.332. The van der Waals surface area contributed by atoms with E-state index < -0.39 is 92.7 Å². The van der Waals surface area contributed by atoms with Gasteiger partial charge in [0.2, 0.25) is 0 Å². The number of hydrogen-bond acceptors (Lipinski definition) is 15. The molecule has 11 unspecified atom stereocenters. The van der Waals surface area contributed by atoms with E-state index in [4.69, 9.17) is 28.4 Å². The molecule has 0 radical (unpaired) electrons. The normalized spacial score (nSPS) is 26.3. The molecule has 66 heavy (non-hydrogen) atoms. The van der Waals surface area contributed by atoms with Crippen molar-refractivity contribution in [1.82, 2.24) is 0 Å². The number of carbonyl (C=O) groups is 2. The molecule has 2 fully saturated rings. The molecular weight excluding hydrogens is 853 g/mol. The molecule has 15 heteroatoms. The van der Waals surface area contributed by atoms with Crippen LogP contribution in [0.1, 0.15) is 194 Å². The quantitative estimate of drug-likeness (QED) is 0.0184. The van der Waals surface area contributed by atoms with Crippen molar-refractivity contribution in [2.45, 2.75) is 261 Å².